The first-order valence-electron chi connectivity index (χ1n) is 7.54. The molecule has 0 aliphatic carbocycles. The standard InChI is InChI=1S/C16H16ClN5O/c1-11-8-15(19-10-18-11)21-4-6-22(7-5-21)16-20-13-9-12(17)2-3-14(13)23-16/h2-3,8-10H,4-7H2,1H3. The second-order valence-corrected chi connectivity index (χ2v) is 6.04. The van der Waals surface area contributed by atoms with E-state index in [2.05, 4.69) is 24.8 Å². The first-order valence-corrected chi connectivity index (χ1v) is 7.91. The first-order chi connectivity index (χ1) is 11.2. The van der Waals surface area contributed by atoms with Crippen molar-refractivity contribution in [1.82, 2.24) is 15.0 Å². The normalized spacial score (nSPS) is 15.4. The highest BCUT2D eigenvalue weighted by atomic mass is 35.5. The van der Waals surface area contributed by atoms with Gasteiger partial charge in [0.1, 0.15) is 17.7 Å². The van der Waals surface area contributed by atoms with Gasteiger partial charge in [0.15, 0.2) is 5.58 Å². The lowest BCUT2D eigenvalue weighted by Crippen LogP contribution is -2.47. The number of piperazine rings is 1. The van der Waals surface area contributed by atoms with E-state index in [1.165, 1.54) is 0 Å². The SMILES string of the molecule is Cc1cc(N2CCN(c3nc4cc(Cl)ccc4o3)CC2)ncn1. The minimum Gasteiger partial charge on any atom is -0.423 e. The van der Waals surface area contributed by atoms with Gasteiger partial charge in [-0.05, 0) is 25.1 Å². The number of rotatable bonds is 2. The van der Waals surface area contributed by atoms with Crippen molar-refractivity contribution in [2.75, 3.05) is 36.0 Å². The van der Waals surface area contributed by atoms with Crippen LogP contribution < -0.4 is 9.80 Å². The molecule has 118 valence electrons. The molecule has 0 bridgehead atoms. The van der Waals surface area contributed by atoms with E-state index in [-0.39, 0.29) is 0 Å². The Bertz CT molecular complexity index is 841. The highest BCUT2D eigenvalue weighted by molar-refractivity contribution is 6.31. The van der Waals surface area contributed by atoms with Crippen molar-refractivity contribution < 1.29 is 4.42 Å². The van der Waals surface area contributed by atoms with Gasteiger partial charge in [0, 0.05) is 43.0 Å². The average molecular weight is 330 g/mol. The fourth-order valence-corrected chi connectivity index (χ4v) is 2.93. The van der Waals surface area contributed by atoms with Gasteiger partial charge in [-0.1, -0.05) is 11.6 Å². The van der Waals surface area contributed by atoms with Crippen molar-refractivity contribution in [3.63, 3.8) is 0 Å². The molecule has 7 heteroatoms. The highest BCUT2D eigenvalue weighted by Crippen LogP contribution is 2.25. The molecule has 23 heavy (non-hydrogen) atoms. The van der Waals surface area contributed by atoms with Gasteiger partial charge in [0.2, 0.25) is 0 Å². The molecule has 6 nitrogen and oxygen atoms in total. The third-order valence-electron chi connectivity index (χ3n) is 4.00. The Morgan fingerprint density at radius 2 is 1.83 bits per heavy atom. The number of aryl methyl sites for hydroxylation is 1. The predicted octanol–water partition coefficient (Wildman–Crippen LogP) is 2.91. The molecule has 3 aromatic rings. The maximum Gasteiger partial charge on any atom is 0.298 e. The molecule has 0 radical (unpaired) electrons. The molecule has 0 atom stereocenters. The lowest BCUT2D eigenvalue weighted by molar-refractivity contribution is 0.540. The van der Waals surface area contributed by atoms with E-state index >= 15 is 0 Å². The maximum atomic E-state index is 6.00. The van der Waals surface area contributed by atoms with Gasteiger partial charge in [-0.25, -0.2) is 9.97 Å². The largest absolute Gasteiger partial charge is 0.423 e. The summed E-state index contributed by atoms with van der Waals surface area (Å²) in [7, 11) is 0. The third kappa shape index (κ3) is 2.82. The number of hydrogen-bond donors (Lipinski definition) is 0. The van der Waals surface area contributed by atoms with Crippen LogP contribution in [0.15, 0.2) is 35.0 Å². The Hall–Kier alpha value is -2.34. The molecule has 1 aliphatic heterocycles. The zero-order valence-corrected chi connectivity index (χ0v) is 13.5. The van der Waals surface area contributed by atoms with Crippen molar-refractivity contribution in [1.29, 1.82) is 0 Å². The number of aromatic nitrogens is 3. The Morgan fingerprint density at radius 3 is 2.61 bits per heavy atom. The molecular weight excluding hydrogens is 314 g/mol. The second-order valence-electron chi connectivity index (χ2n) is 5.60. The number of oxazole rings is 1. The second kappa shape index (κ2) is 5.70. The molecule has 0 unspecified atom stereocenters. The predicted molar refractivity (Wildman–Crippen MR) is 90.2 cm³/mol. The molecule has 3 heterocycles. The van der Waals surface area contributed by atoms with Crippen molar-refractivity contribution in [2.24, 2.45) is 0 Å². The van der Waals surface area contributed by atoms with E-state index in [1.54, 1.807) is 6.33 Å². The topological polar surface area (TPSA) is 58.3 Å². The third-order valence-corrected chi connectivity index (χ3v) is 4.24. The van der Waals surface area contributed by atoms with Crippen LogP contribution in [-0.2, 0) is 0 Å². The molecule has 0 amide bonds. The lowest BCUT2D eigenvalue weighted by Gasteiger charge is -2.34. The summed E-state index contributed by atoms with van der Waals surface area (Å²) in [4.78, 5) is 17.4. The molecule has 1 saturated heterocycles. The van der Waals surface area contributed by atoms with Crippen LogP contribution in [0.4, 0.5) is 11.8 Å². The number of hydrogen-bond acceptors (Lipinski definition) is 6. The van der Waals surface area contributed by atoms with Crippen LogP contribution in [0, 0.1) is 6.92 Å². The summed E-state index contributed by atoms with van der Waals surface area (Å²) in [6.45, 7) is 5.39. The number of benzene rings is 1. The first kappa shape index (κ1) is 14.3. The Morgan fingerprint density at radius 1 is 1.04 bits per heavy atom. The van der Waals surface area contributed by atoms with Crippen LogP contribution in [0.25, 0.3) is 11.1 Å². The van der Waals surface area contributed by atoms with Crippen LogP contribution in [0.1, 0.15) is 5.69 Å². The van der Waals surface area contributed by atoms with Crippen LogP contribution in [0.5, 0.6) is 0 Å². The van der Waals surface area contributed by atoms with Crippen molar-refractivity contribution >= 4 is 34.5 Å². The van der Waals surface area contributed by atoms with E-state index < -0.39 is 0 Å². The van der Waals surface area contributed by atoms with E-state index in [9.17, 15) is 0 Å². The van der Waals surface area contributed by atoms with Gasteiger partial charge in [0.05, 0.1) is 0 Å². The molecule has 4 rings (SSSR count). The number of fused-ring (bicyclic) bond motifs is 1. The number of nitrogens with zero attached hydrogens (tertiary/aromatic N) is 5. The molecule has 1 fully saturated rings. The van der Waals surface area contributed by atoms with Crippen LogP contribution in [-0.4, -0.2) is 41.1 Å². The van der Waals surface area contributed by atoms with Gasteiger partial charge in [0.25, 0.3) is 6.01 Å². The van der Waals surface area contributed by atoms with Crippen LogP contribution in [0.3, 0.4) is 0 Å². The molecule has 1 aliphatic rings. The number of anilines is 2. The van der Waals surface area contributed by atoms with Gasteiger partial charge >= 0.3 is 0 Å². The monoisotopic (exact) mass is 329 g/mol. The summed E-state index contributed by atoms with van der Waals surface area (Å²) >= 11 is 6.00. The Kier molecular flexibility index (Phi) is 3.53. The minimum absolute atomic E-state index is 0.654. The fourth-order valence-electron chi connectivity index (χ4n) is 2.76. The quantitative estimate of drug-likeness (QED) is 0.720. The maximum absolute atomic E-state index is 6.00. The van der Waals surface area contributed by atoms with Crippen molar-refractivity contribution in [3.05, 3.63) is 41.3 Å². The number of halogens is 1. The van der Waals surface area contributed by atoms with Gasteiger partial charge in [-0.3, -0.25) is 0 Å². The highest BCUT2D eigenvalue weighted by Gasteiger charge is 2.22. The van der Waals surface area contributed by atoms with Gasteiger partial charge in [-0.2, -0.15) is 4.98 Å². The molecule has 2 aromatic heterocycles. The van der Waals surface area contributed by atoms with Gasteiger partial charge in [-0.15, -0.1) is 0 Å². The lowest BCUT2D eigenvalue weighted by atomic mass is 10.3. The van der Waals surface area contributed by atoms with Gasteiger partial charge < -0.3 is 14.2 Å². The molecule has 1 aromatic carbocycles. The fraction of sp³-hybridized carbons (Fsp3) is 0.312. The van der Waals surface area contributed by atoms with E-state index in [1.807, 2.05) is 31.2 Å². The zero-order chi connectivity index (χ0) is 15.8. The summed E-state index contributed by atoms with van der Waals surface area (Å²) in [5.41, 5.74) is 2.54. The molecule has 0 spiro atoms. The molecule has 0 N–H and O–H groups in total. The summed E-state index contributed by atoms with van der Waals surface area (Å²) in [5, 5.41) is 0.668. The summed E-state index contributed by atoms with van der Waals surface area (Å²) in [6.07, 6.45) is 1.61. The molecular formula is C16H16ClN5O. The van der Waals surface area contributed by atoms with Crippen molar-refractivity contribution in [2.45, 2.75) is 6.92 Å². The Balaban J connectivity index is 1.50. The van der Waals surface area contributed by atoms with E-state index in [0.29, 0.717) is 11.0 Å². The summed E-state index contributed by atoms with van der Waals surface area (Å²) in [6, 6.07) is 8.16. The smallest absolute Gasteiger partial charge is 0.298 e. The van der Waals surface area contributed by atoms with E-state index in [0.717, 1.165) is 48.8 Å². The summed E-state index contributed by atoms with van der Waals surface area (Å²) in [5.74, 6) is 0.974. The zero-order valence-electron chi connectivity index (χ0n) is 12.7. The minimum atomic E-state index is 0.654. The Labute approximate surface area is 138 Å². The summed E-state index contributed by atoms with van der Waals surface area (Å²) < 4.78 is 5.83. The average Bonchev–Trinajstić information content (AvgIpc) is 2.98. The van der Waals surface area contributed by atoms with Crippen LogP contribution >= 0.6 is 11.6 Å². The van der Waals surface area contributed by atoms with E-state index in [4.69, 9.17) is 16.0 Å². The van der Waals surface area contributed by atoms with Crippen LogP contribution in [0.2, 0.25) is 5.02 Å². The van der Waals surface area contributed by atoms with Crippen molar-refractivity contribution in [3.8, 4) is 0 Å². The molecule has 0 saturated carbocycles.